The lowest BCUT2D eigenvalue weighted by Gasteiger charge is -2.03. The number of alkyl halides is 4. The van der Waals surface area contributed by atoms with Crippen LogP contribution in [-0.2, 0) is 18.6 Å². The van der Waals surface area contributed by atoms with Gasteiger partial charge < -0.3 is 5.32 Å². The van der Waals surface area contributed by atoms with E-state index in [4.69, 9.17) is 11.6 Å². The van der Waals surface area contributed by atoms with Gasteiger partial charge in [-0.05, 0) is 11.1 Å². The van der Waals surface area contributed by atoms with Crippen molar-refractivity contribution in [2.75, 3.05) is 5.32 Å². The van der Waals surface area contributed by atoms with Crippen LogP contribution in [0, 0.1) is 0 Å². The van der Waals surface area contributed by atoms with E-state index in [-0.39, 0.29) is 5.13 Å². The highest BCUT2D eigenvalue weighted by Gasteiger charge is 2.36. The molecule has 0 radical (unpaired) electrons. The fourth-order valence-corrected chi connectivity index (χ4v) is 2.09. The quantitative estimate of drug-likeness (QED) is 0.870. The fraction of sp³-hybridized carbons (Fsp3) is 0.273. The van der Waals surface area contributed by atoms with Crippen LogP contribution < -0.4 is 5.32 Å². The minimum absolute atomic E-state index is 0.147. The molecule has 0 bridgehead atoms. The van der Waals surface area contributed by atoms with Gasteiger partial charge in [-0.2, -0.15) is 22.5 Å². The van der Waals surface area contributed by atoms with E-state index < -0.39 is 12.0 Å². The van der Waals surface area contributed by atoms with Crippen LogP contribution in [0.2, 0.25) is 0 Å². The number of nitrogens with zero attached hydrogens (tertiary/aromatic N) is 2. The molecule has 0 atom stereocenters. The van der Waals surface area contributed by atoms with Gasteiger partial charge in [0.25, 0.3) is 0 Å². The number of rotatable bonds is 4. The lowest BCUT2D eigenvalue weighted by atomic mass is 10.1. The Kier molecular flexibility index (Phi) is 4.26. The van der Waals surface area contributed by atoms with Crippen LogP contribution in [0.15, 0.2) is 24.3 Å². The Bertz CT molecular complexity index is 539. The second-order valence-corrected chi connectivity index (χ2v) is 4.74. The van der Waals surface area contributed by atoms with Gasteiger partial charge in [-0.15, -0.1) is 11.6 Å². The van der Waals surface area contributed by atoms with E-state index in [1.807, 2.05) is 24.3 Å². The second kappa shape index (κ2) is 5.75. The van der Waals surface area contributed by atoms with Crippen molar-refractivity contribution >= 4 is 28.3 Å². The number of hydrogen-bond donors (Lipinski definition) is 1. The Morgan fingerprint density at radius 3 is 2.32 bits per heavy atom. The lowest BCUT2D eigenvalue weighted by Crippen LogP contribution is -2.07. The SMILES string of the molecule is FC(F)(F)c1nsc(NCc2ccc(CCl)cc2)n1. The lowest BCUT2D eigenvalue weighted by molar-refractivity contribution is -0.144. The van der Waals surface area contributed by atoms with Crippen LogP contribution in [0.25, 0.3) is 0 Å². The van der Waals surface area contributed by atoms with Crippen molar-refractivity contribution < 1.29 is 13.2 Å². The fourth-order valence-electron chi connectivity index (χ4n) is 1.33. The Labute approximate surface area is 116 Å². The molecule has 1 heterocycles. The summed E-state index contributed by atoms with van der Waals surface area (Å²) < 4.78 is 40.1. The molecule has 0 unspecified atom stereocenters. The first-order chi connectivity index (χ1) is 8.99. The summed E-state index contributed by atoms with van der Waals surface area (Å²) in [6.07, 6.45) is -4.50. The van der Waals surface area contributed by atoms with Gasteiger partial charge in [0.15, 0.2) is 0 Å². The van der Waals surface area contributed by atoms with Crippen molar-refractivity contribution in [3.63, 3.8) is 0 Å². The highest BCUT2D eigenvalue weighted by Crippen LogP contribution is 2.29. The monoisotopic (exact) mass is 307 g/mol. The third-order valence-electron chi connectivity index (χ3n) is 2.30. The van der Waals surface area contributed by atoms with Crippen molar-refractivity contribution in [1.82, 2.24) is 9.36 Å². The summed E-state index contributed by atoms with van der Waals surface area (Å²) in [7, 11) is 0. The maximum atomic E-state index is 12.3. The van der Waals surface area contributed by atoms with Crippen molar-refractivity contribution in [1.29, 1.82) is 0 Å². The van der Waals surface area contributed by atoms with Crippen molar-refractivity contribution in [2.24, 2.45) is 0 Å². The van der Waals surface area contributed by atoms with Crippen molar-refractivity contribution in [2.45, 2.75) is 18.6 Å². The normalized spacial score (nSPS) is 11.6. The molecule has 1 aromatic carbocycles. The van der Waals surface area contributed by atoms with Crippen LogP contribution in [0.5, 0.6) is 0 Å². The molecule has 0 aliphatic rings. The first-order valence-corrected chi connectivity index (χ1v) is 6.58. The van der Waals surface area contributed by atoms with Crippen LogP contribution in [0.4, 0.5) is 18.3 Å². The average Bonchev–Trinajstić information content (AvgIpc) is 2.86. The van der Waals surface area contributed by atoms with E-state index in [1.165, 1.54) is 0 Å². The summed E-state index contributed by atoms with van der Waals surface area (Å²) in [5.74, 6) is -0.684. The number of aromatic nitrogens is 2. The van der Waals surface area contributed by atoms with Crippen LogP contribution >= 0.6 is 23.1 Å². The van der Waals surface area contributed by atoms with Gasteiger partial charge in [-0.25, -0.2) is 0 Å². The zero-order valence-electron chi connectivity index (χ0n) is 9.54. The molecule has 0 aliphatic heterocycles. The van der Waals surface area contributed by atoms with Crippen molar-refractivity contribution in [3.8, 4) is 0 Å². The molecule has 3 nitrogen and oxygen atoms in total. The largest absolute Gasteiger partial charge is 0.452 e. The number of halogens is 4. The minimum atomic E-state index is -4.50. The van der Waals surface area contributed by atoms with Gasteiger partial charge in [0.2, 0.25) is 11.0 Å². The molecule has 0 aliphatic carbocycles. The predicted molar refractivity (Wildman–Crippen MR) is 68.2 cm³/mol. The molecule has 8 heteroatoms. The summed E-state index contributed by atoms with van der Waals surface area (Å²) in [4.78, 5) is 3.38. The summed E-state index contributed by atoms with van der Waals surface area (Å²) in [6.45, 7) is 0.384. The molecular weight excluding hydrogens is 299 g/mol. The van der Waals surface area contributed by atoms with E-state index in [2.05, 4.69) is 14.7 Å². The molecular formula is C11H9ClF3N3S. The van der Waals surface area contributed by atoms with E-state index in [0.717, 1.165) is 11.1 Å². The van der Waals surface area contributed by atoms with Crippen LogP contribution in [0.1, 0.15) is 17.0 Å². The van der Waals surface area contributed by atoms with Gasteiger partial charge in [0.1, 0.15) is 0 Å². The summed E-state index contributed by atoms with van der Waals surface area (Å²) in [5, 5.41) is 2.95. The second-order valence-electron chi connectivity index (χ2n) is 3.72. The zero-order chi connectivity index (χ0) is 13.9. The first kappa shape index (κ1) is 14.1. The summed E-state index contributed by atoms with van der Waals surface area (Å²) >= 11 is 6.35. The van der Waals surface area contributed by atoms with Gasteiger partial charge >= 0.3 is 6.18 Å². The summed E-state index contributed by atoms with van der Waals surface area (Å²) in [5.41, 5.74) is 1.92. The molecule has 1 N–H and O–H groups in total. The van der Waals surface area contributed by atoms with Gasteiger partial charge in [0.05, 0.1) is 0 Å². The van der Waals surface area contributed by atoms with Crippen LogP contribution in [-0.4, -0.2) is 9.36 Å². The first-order valence-electron chi connectivity index (χ1n) is 5.27. The van der Waals surface area contributed by atoms with Gasteiger partial charge in [-0.1, -0.05) is 24.3 Å². The minimum Gasteiger partial charge on any atom is -0.356 e. The smallest absolute Gasteiger partial charge is 0.356 e. The predicted octanol–water partition coefficient (Wildman–Crippen LogP) is 3.91. The topological polar surface area (TPSA) is 37.8 Å². The Hall–Kier alpha value is -1.34. The van der Waals surface area contributed by atoms with E-state index >= 15 is 0 Å². The molecule has 2 rings (SSSR count). The van der Waals surface area contributed by atoms with E-state index in [1.54, 1.807) is 0 Å². The van der Waals surface area contributed by atoms with Crippen LogP contribution in [0.3, 0.4) is 0 Å². The standard InChI is InChI=1S/C11H9ClF3N3S/c12-5-7-1-3-8(4-2-7)6-16-10-17-9(18-19-10)11(13,14)15/h1-4H,5-6H2,(H,16,17,18). The molecule has 0 saturated carbocycles. The maximum Gasteiger partial charge on any atom is 0.452 e. The highest BCUT2D eigenvalue weighted by molar-refractivity contribution is 7.09. The molecule has 0 spiro atoms. The van der Waals surface area contributed by atoms with Gasteiger partial charge in [0, 0.05) is 24.0 Å². The molecule has 2 aromatic rings. The van der Waals surface area contributed by atoms with E-state index in [9.17, 15) is 13.2 Å². The Morgan fingerprint density at radius 1 is 1.16 bits per heavy atom. The molecule has 19 heavy (non-hydrogen) atoms. The Morgan fingerprint density at radius 2 is 1.79 bits per heavy atom. The maximum absolute atomic E-state index is 12.3. The number of hydrogen-bond acceptors (Lipinski definition) is 4. The molecule has 0 amide bonds. The number of nitrogens with one attached hydrogen (secondary N) is 1. The molecule has 102 valence electrons. The number of anilines is 1. The molecule has 0 saturated heterocycles. The molecule has 1 aromatic heterocycles. The highest BCUT2D eigenvalue weighted by atomic mass is 35.5. The van der Waals surface area contributed by atoms with Crippen molar-refractivity contribution in [3.05, 3.63) is 41.2 Å². The van der Waals surface area contributed by atoms with Gasteiger partial charge in [-0.3, -0.25) is 0 Å². The third-order valence-corrected chi connectivity index (χ3v) is 3.28. The summed E-state index contributed by atoms with van der Waals surface area (Å²) in [6, 6.07) is 7.45. The number of benzene rings is 1. The Balaban J connectivity index is 1.96. The average molecular weight is 308 g/mol. The molecule has 0 fully saturated rings. The third kappa shape index (κ3) is 3.81. The zero-order valence-corrected chi connectivity index (χ0v) is 11.1. The van der Waals surface area contributed by atoms with E-state index in [0.29, 0.717) is 24.0 Å².